The van der Waals surface area contributed by atoms with Gasteiger partial charge in [-0.2, -0.15) is 0 Å². The third-order valence-electron chi connectivity index (χ3n) is 2.63. The summed E-state index contributed by atoms with van der Waals surface area (Å²) < 4.78 is 13.2. The highest BCUT2D eigenvalue weighted by atomic mass is 35.5. The number of hydrogen-bond donors (Lipinski definition) is 0. The minimum absolute atomic E-state index is 0.217. The molecule has 1 aromatic heterocycles. The van der Waals surface area contributed by atoms with E-state index in [1.165, 1.54) is 17.4 Å². The second-order valence-corrected chi connectivity index (χ2v) is 5.69. The largest absolute Gasteiger partial charge is 0.207 e. The summed E-state index contributed by atoms with van der Waals surface area (Å²) in [4.78, 5) is 0.914. The summed E-state index contributed by atoms with van der Waals surface area (Å²) in [5, 5.41) is 2.36. The molecule has 1 atom stereocenters. The van der Waals surface area contributed by atoms with Crippen LogP contribution in [0.15, 0.2) is 23.6 Å². The van der Waals surface area contributed by atoms with Crippen LogP contribution in [-0.2, 0) is 0 Å². The van der Waals surface area contributed by atoms with Crippen LogP contribution in [0.3, 0.4) is 0 Å². The van der Waals surface area contributed by atoms with Crippen molar-refractivity contribution in [3.63, 3.8) is 0 Å². The Morgan fingerprint density at radius 2 is 1.94 bits per heavy atom. The van der Waals surface area contributed by atoms with E-state index in [1.807, 2.05) is 12.3 Å². The molecule has 0 nitrogen and oxygen atoms in total. The van der Waals surface area contributed by atoms with E-state index in [2.05, 4.69) is 0 Å². The van der Waals surface area contributed by atoms with Crippen molar-refractivity contribution in [2.45, 2.75) is 19.2 Å². The van der Waals surface area contributed by atoms with Gasteiger partial charge in [0, 0.05) is 4.88 Å². The molecule has 0 bridgehead atoms. The third-order valence-corrected chi connectivity index (χ3v) is 5.01. The molecule has 1 aromatic carbocycles. The lowest BCUT2D eigenvalue weighted by molar-refractivity contribution is 0.617. The zero-order valence-corrected chi connectivity index (χ0v) is 11.8. The minimum atomic E-state index is -0.319. The Morgan fingerprint density at radius 1 is 1.24 bits per heavy atom. The van der Waals surface area contributed by atoms with E-state index in [0.29, 0.717) is 10.6 Å². The summed E-state index contributed by atoms with van der Waals surface area (Å²) in [6.45, 7) is 3.67. The number of halogens is 3. The van der Waals surface area contributed by atoms with Crippen LogP contribution in [0.25, 0.3) is 0 Å². The molecule has 2 aromatic rings. The van der Waals surface area contributed by atoms with Crippen molar-refractivity contribution >= 4 is 34.5 Å². The van der Waals surface area contributed by atoms with Crippen LogP contribution in [-0.4, -0.2) is 0 Å². The van der Waals surface area contributed by atoms with E-state index in [1.54, 1.807) is 19.1 Å². The molecular formula is C13H11Cl2FS. The normalized spacial score (nSPS) is 12.8. The SMILES string of the molecule is Cc1cc(C(Cl)c2scc(C)c2Cl)ccc1F. The summed E-state index contributed by atoms with van der Waals surface area (Å²) in [5.74, 6) is -0.217. The molecule has 0 N–H and O–H groups in total. The second-order valence-electron chi connectivity index (χ2n) is 3.97. The van der Waals surface area contributed by atoms with Gasteiger partial charge in [-0.15, -0.1) is 22.9 Å². The van der Waals surface area contributed by atoms with Crippen LogP contribution in [0, 0.1) is 19.7 Å². The summed E-state index contributed by atoms with van der Waals surface area (Å²) in [6.07, 6.45) is 0. The molecule has 0 saturated heterocycles. The molecule has 1 heterocycles. The van der Waals surface area contributed by atoms with Gasteiger partial charge in [-0.05, 0) is 42.0 Å². The van der Waals surface area contributed by atoms with Gasteiger partial charge in [-0.3, -0.25) is 0 Å². The van der Waals surface area contributed by atoms with Crippen LogP contribution < -0.4 is 0 Å². The van der Waals surface area contributed by atoms with Gasteiger partial charge < -0.3 is 0 Å². The first kappa shape index (κ1) is 12.9. The summed E-state index contributed by atoms with van der Waals surface area (Å²) in [6, 6.07) is 4.90. The molecule has 0 aliphatic heterocycles. The van der Waals surface area contributed by atoms with E-state index in [4.69, 9.17) is 23.2 Å². The lowest BCUT2D eigenvalue weighted by Crippen LogP contribution is -1.93. The van der Waals surface area contributed by atoms with Crippen LogP contribution in [0.2, 0.25) is 5.02 Å². The van der Waals surface area contributed by atoms with Gasteiger partial charge in [-0.25, -0.2) is 4.39 Å². The molecule has 0 amide bonds. The third kappa shape index (κ3) is 2.49. The Balaban J connectivity index is 2.40. The maximum absolute atomic E-state index is 13.2. The Kier molecular flexibility index (Phi) is 3.76. The monoisotopic (exact) mass is 288 g/mol. The molecule has 0 saturated carbocycles. The molecule has 2 rings (SSSR count). The lowest BCUT2D eigenvalue weighted by atomic mass is 10.1. The average Bonchev–Trinajstić information content (AvgIpc) is 2.63. The molecule has 0 radical (unpaired) electrons. The molecule has 1 unspecified atom stereocenters. The first-order valence-corrected chi connectivity index (χ1v) is 6.83. The maximum Gasteiger partial charge on any atom is 0.126 e. The number of thiophene rings is 1. The van der Waals surface area contributed by atoms with Gasteiger partial charge in [0.15, 0.2) is 0 Å². The van der Waals surface area contributed by atoms with Crippen LogP contribution in [0.4, 0.5) is 4.39 Å². The van der Waals surface area contributed by atoms with Crippen molar-refractivity contribution in [3.05, 3.63) is 56.0 Å². The molecule has 0 aliphatic carbocycles. The zero-order chi connectivity index (χ0) is 12.6. The van der Waals surface area contributed by atoms with Crippen molar-refractivity contribution in [1.29, 1.82) is 0 Å². The first-order valence-electron chi connectivity index (χ1n) is 5.14. The number of benzene rings is 1. The first-order chi connectivity index (χ1) is 8.00. The molecule has 4 heteroatoms. The molecule has 0 aliphatic rings. The Hall–Kier alpha value is -0.570. The highest BCUT2D eigenvalue weighted by molar-refractivity contribution is 7.11. The van der Waals surface area contributed by atoms with Gasteiger partial charge in [0.05, 0.1) is 10.4 Å². The van der Waals surface area contributed by atoms with Gasteiger partial charge in [0.2, 0.25) is 0 Å². The van der Waals surface area contributed by atoms with Crippen LogP contribution in [0.1, 0.15) is 26.9 Å². The lowest BCUT2D eigenvalue weighted by Gasteiger charge is -2.10. The van der Waals surface area contributed by atoms with Crippen molar-refractivity contribution < 1.29 is 4.39 Å². The van der Waals surface area contributed by atoms with Crippen molar-refractivity contribution in [3.8, 4) is 0 Å². The minimum Gasteiger partial charge on any atom is -0.207 e. The van der Waals surface area contributed by atoms with E-state index in [-0.39, 0.29) is 11.2 Å². The zero-order valence-electron chi connectivity index (χ0n) is 9.43. The fourth-order valence-electron chi connectivity index (χ4n) is 1.60. The molecular weight excluding hydrogens is 278 g/mol. The predicted molar refractivity (Wildman–Crippen MR) is 72.9 cm³/mol. The van der Waals surface area contributed by atoms with Crippen molar-refractivity contribution in [1.82, 2.24) is 0 Å². The molecule has 0 spiro atoms. The molecule has 90 valence electrons. The Labute approximate surface area is 114 Å². The van der Waals surface area contributed by atoms with Crippen LogP contribution in [0.5, 0.6) is 0 Å². The quantitative estimate of drug-likeness (QED) is 0.642. The number of alkyl halides is 1. The standard InChI is InChI=1S/C13H11Cl2FS/c1-7-5-9(3-4-10(7)16)12(15)13-11(14)8(2)6-17-13/h3-6,12H,1-2H3. The fourth-order valence-corrected chi connectivity index (χ4v) is 3.36. The van der Waals surface area contributed by atoms with E-state index >= 15 is 0 Å². The Bertz CT molecular complexity index is 548. The van der Waals surface area contributed by atoms with Gasteiger partial charge >= 0.3 is 0 Å². The average molecular weight is 289 g/mol. The molecule has 17 heavy (non-hydrogen) atoms. The van der Waals surface area contributed by atoms with Crippen molar-refractivity contribution in [2.75, 3.05) is 0 Å². The smallest absolute Gasteiger partial charge is 0.126 e. The summed E-state index contributed by atoms with van der Waals surface area (Å²) >= 11 is 14.1. The molecule has 0 fully saturated rings. The van der Waals surface area contributed by atoms with Crippen molar-refractivity contribution in [2.24, 2.45) is 0 Å². The second kappa shape index (κ2) is 4.97. The van der Waals surface area contributed by atoms with E-state index in [0.717, 1.165) is 16.0 Å². The van der Waals surface area contributed by atoms with Crippen LogP contribution >= 0.6 is 34.5 Å². The maximum atomic E-state index is 13.2. The van der Waals surface area contributed by atoms with E-state index < -0.39 is 0 Å². The number of hydrogen-bond acceptors (Lipinski definition) is 1. The summed E-state index contributed by atoms with van der Waals surface area (Å²) in [7, 11) is 0. The van der Waals surface area contributed by atoms with Gasteiger partial charge in [0.25, 0.3) is 0 Å². The number of aryl methyl sites for hydroxylation is 2. The van der Waals surface area contributed by atoms with E-state index in [9.17, 15) is 4.39 Å². The van der Waals surface area contributed by atoms with Gasteiger partial charge in [0.1, 0.15) is 5.82 Å². The summed E-state index contributed by atoms with van der Waals surface area (Å²) in [5.41, 5.74) is 2.49. The number of rotatable bonds is 2. The predicted octanol–water partition coefficient (Wildman–Crippen LogP) is 5.49. The highest BCUT2D eigenvalue weighted by Crippen LogP contribution is 2.39. The Morgan fingerprint density at radius 3 is 2.47 bits per heavy atom. The fraction of sp³-hybridized carbons (Fsp3) is 0.231. The highest BCUT2D eigenvalue weighted by Gasteiger charge is 2.18. The van der Waals surface area contributed by atoms with Gasteiger partial charge in [-0.1, -0.05) is 23.7 Å². The topological polar surface area (TPSA) is 0 Å².